The van der Waals surface area contributed by atoms with Crippen molar-refractivity contribution in [1.29, 1.82) is 0 Å². The van der Waals surface area contributed by atoms with Crippen molar-refractivity contribution in [2.24, 2.45) is 0 Å². The van der Waals surface area contributed by atoms with Gasteiger partial charge in [0.15, 0.2) is 8.32 Å². The molecule has 0 spiro atoms. The number of hydrogen-bond acceptors (Lipinski definition) is 2. The summed E-state index contributed by atoms with van der Waals surface area (Å²) in [5.74, 6) is 0. The Bertz CT molecular complexity index is 134. The molecule has 0 bridgehead atoms. The Labute approximate surface area is 83.2 Å². The van der Waals surface area contributed by atoms with Gasteiger partial charge in [0, 0.05) is 6.54 Å². The molecule has 0 saturated carbocycles. The second-order valence-electron chi connectivity index (χ2n) is 3.98. The summed E-state index contributed by atoms with van der Waals surface area (Å²) in [6.07, 6.45) is 1.74. The first-order valence-electron chi connectivity index (χ1n) is 5.65. The summed E-state index contributed by atoms with van der Waals surface area (Å²) in [5, 5.41) is 3.36. The minimum atomic E-state index is -1.32. The third-order valence-electron chi connectivity index (χ3n) is 3.36. The highest BCUT2D eigenvalue weighted by Crippen LogP contribution is 2.24. The lowest BCUT2D eigenvalue weighted by atomic mass is 10.3. The predicted molar refractivity (Wildman–Crippen MR) is 59.6 cm³/mol. The molecule has 0 radical (unpaired) electrons. The molecule has 0 aromatic rings. The van der Waals surface area contributed by atoms with E-state index in [1.165, 1.54) is 24.6 Å². The van der Waals surface area contributed by atoms with Gasteiger partial charge in [-0.1, -0.05) is 20.8 Å². The Hall–Kier alpha value is 0.137. The maximum atomic E-state index is 6.32. The van der Waals surface area contributed by atoms with Crippen molar-refractivity contribution in [3.05, 3.63) is 0 Å². The molecule has 13 heavy (non-hydrogen) atoms. The third-order valence-corrected chi connectivity index (χ3v) is 8.06. The Morgan fingerprint density at radius 3 is 2.23 bits per heavy atom. The summed E-state index contributed by atoms with van der Waals surface area (Å²) in [5.41, 5.74) is 0. The van der Waals surface area contributed by atoms with E-state index >= 15 is 0 Å². The number of hydrogen-bond donors (Lipinski definition) is 1. The van der Waals surface area contributed by atoms with Gasteiger partial charge in [-0.25, -0.2) is 0 Å². The SMILES string of the molecule is CC[Si](CC)(CC)OC1CCNC1. The summed E-state index contributed by atoms with van der Waals surface area (Å²) in [6.45, 7) is 9.10. The minimum Gasteiger partial charge on any atom is -0.413 e. The van der Waals surface area contributed by atoms with Crippen LogP contribution in [0, 0.1) is 0 Å². The molecule has 0 aromatic carbocycles. The Morgan fingerprint density at radius 1 is 1.23 bits per heavy atom. The third kappa shape index (κ3) is 2.79. The molecule has 1 fully saturated rings. The van der Waals surface area contributed by atoms with Gasteiger partial charge in [0.1, 0.15) is 0 Å². The van der Waals surface area contributed by atoms with Gasteiger partial charge in [-0.05, 0) is 31.1 Å². The highest BCUT2D eigenvalue weighted by Gasteiger charge is 2.32. The van der Waals surface area contributed by atoms with E-state index in [2.05, 4.69) is 26.1 Å². The fourth-order valence-corrected chi connectivity index (χ4v) is 4.99. The summed E-state index contributed by atoms with van der Waals surface area (Å²) in [6, 6.07) is 3.82. The molecule has 1 atom stereocenters. The maximum Gasteiger partial charge on any atom is 0.192 e. The lowest BCUT2D eigenvalue weighted by Crippen LogP contribution is -2.40. The minimum absolute atomic E-state index is 0.520. The number of nitrogens with one attached hydrogen (secondary N) is 1. The molecular formula is C10H23NOSi. The van der Waals surface area contributed by atoms with Crippen LogP contribution >= 0.6 is 0 Å². The van der Waals surface area contributed by atoms with Crippen LogP contribution in [-0.2, 0) is 4.43 Å². The van der Waals surface area contributed by atoms with E-state index in [0.717, 1.165) is 13.1 Å². The Morgan fingerprint density at radius 2 is 1.85 bits per heavy atom. The highest BCUT2D eigenvalue weighted by molar-refractivity contribution is 6.73. The van der Waals surface area contributed by atoms with E-state index < -0.39 is 8.32 Å². The molecule has 1 N–H and O–H groups in total. The van der Waals surface area contributed by atoms with Crippen molar-refractivity contribution in [3.63, 3.8) is 0 Å². The Kier molecular flexibility index (Phi) is 4.42. The van der Waals surface area contributed by atoms with E-state index in [9.17, 15) is 0 Å². The number of rotatable bonds is 5. The summed E-state index contributed by atoms with van der Waals surface area (Å²) in [4.78, 5) is 0. The molecule has 78 valence electrons. The maximum absolute atomic E-state index is 6.32. The summed E-state index contributed by atoms with van der Waals surface area (Å²) in [7, 11) is -1.32. The predicted octanol–water partition coefficient (Wildman–Crippen LogP) is 2.37. The van der Waals surface area contributed by atoms with Crippen LogP contribution in [0.5, 0.6) is 0 Å². The largest absolute Gasteiger partial charge is 0.413 e. The smallest absolute Gasteiger partial charge is 0.192 e. The molecule has 1 unspecified atom stereocenters. The van der Waals surface area contributed by atoms with Crippen LogP contribution in [0.2, 0.25) is 18.1 Å². The van der Waals surface area contributed by atoms with Crippen molar-refractivity contribution in [3.8, 4) is 0 Å². The van der Waals surface area contributed by atoms with Gasteiger partial charge in [0.05, 0.1) is 6.10 Å². The molecule has 1 aliphatic heterocycles. The van der Waals surface area contributed by atoms with E-state index in [4.69, 9.17) is 4.43 Å². The van der Waals surface area contributed by atoms with Crippen LogP contribution in [0.3, 0.4) is 0 Å². The quantitative estimate of drug-likeness (QED) is 0.690. The molecule has 1 heterocycles. The van der Waals surface area contributed by atoms with Gasteiger partial charge in [0.2, 0.25) is 0 Å². The zero-order valence-corrected chi connectivity index (χ0v) is 10.2. The van der Waals surface area contributed by atoms with E-state index in [1.54, 1.807) is 0 Å². The summed E-state index contributed by atoms with van der Waals surface area (Å²) < 4.78 is 6.32. The molecule has 2 nitrogen and oxygen atoms in total. The standard InChI is InChI=1S/C10H23NOSi/c1-4-13(5-2,6-3)12-10-7-8-11-9-10/h10-11H,4-9H2,1-3H3. The molecule has 3 heteroatoms. The molecule has 1 rings (SSSR count). The monoisotopic (exact) mass is 201 g/mol. The van der Waals surface area contributed by atoms with Gasteiger partial charge in [-0.2, -0.15) is 0 Å². The fraction of sp³-hybridized carbons (Fsp3) is 1.00. The van der Waals surface area contributed by atoms with Gasteiger partial charge in [-0.3, -0.25) is 0 Å². The van der Waals surface area contributed by atoms with Crippen molar-refractivity contribution in [2.75, 3.05) is 13.1 Å². The average molecular weight is 201 g/mol. The van der Waals surface area contributed by atoms with Gasteiger partial charge in [-0.15, -0.1) is 0 Å². The first kappa shape index (κ1) is 11.2. The molecule has 0 amide bonds. The average Bonchev–Trinajstić information content (AvgIpc) is 2.67. The molecule has 1 saturated heterocycles. The highest BCUT2D eigenvalue weighted by atomic mass is 28.4. The zero-order valence-electron chi connectivity index (χ0n) is 9.23. The van der Waals surface area contributed by atoms with Crippen molar-refractivity contribution in [2.45, 2.75) is 51.4 Å². The molecule has 0 aromatic heterocycles. The lowest BCUT2D eigenvalue weighted by molar-refractivity contribution is 0.207. The van der Waals surface area contributed by atoms with Crippen LogP contribution in [0.15, 0.2) is 0 Å². The van der Waals surface area contributed by atoms with Crippen LogP contribution in [0.1, 0.15) is 27.2 Å². The zero-order chi connectivity index (χ0) is 9.73. The van der Waals surface area contributed by atoms with Crippen LogP contribution in [0.4, 0.5) is 0 Å². The van der Waals surface area contributed by atoms with E-state index in [-0.39, 0.29) is 0 Å². The van der Waals surface area contributed by atoms with Crippen molar-refractivity contribution < 1.29 is 4.43 Å². The van der Waals surface area contributed by atoms with Crippen molar-refractivity contribution in [1.82, 2.24) is 5.32 Å². The van der Waals surface area contributed by atoms with Gasteiger partial charge < -0.3 is 9.74 Å². The first-order valence-corrected chi connectivity index (χ1v) is 8.17. The van der Waals surface area contributed by atoms with Gasteiger partial charge >= 0.3 is 0 Å². The second-order valence-corrected chi connectivity index (χ2v) is 8.70. The molecular weight excluding hydrogens is 178 g/mol. The molecule has 1 aliphatic rings. The van der Waals surface area contributed by atoms with E-state index in [1.807, 2.05) is 0 Å². The molecule has 0 aliphatic carbocycles. The summed E-state index contributed by atoms with van der Waals surface area (Å²) >= 11 is 0. The van der Waals surface area contributed by atoms with Crippen molar-refractivity contribution >= 4 is 8.32 Å². The fourth-order valence-electron chi connectivity index (χ4n) is 2.08. The second kappa shape index (κ2) is 5.13. The van der Waals surface area contributed by atoms with Crippen LogP contribution in [0.25, 0.3) is 0 Å². The van der Waals surface area contributed by atoms with E-state index in [0.29, 0.717) is 6.10 Å². The Balaban J connectivity index is 2.44. The normalized spacial score (nSPS) is 23.8. The first-order chi connectivity index (χ1) is 6.26. The lowest BCUT2D eigenvalue weighted by Gasteiger charge is -2.31. The van der Waals surface area contributed by atoms with Crippen LogP contribution in [-0.4, -0.2) is 27.5 Å². The van der Waals surface area contributed by atoms with Crippen LogP contribution < -0.4 is 5.32 Å². The van der Waals surface area contributed by atoms with Gasteiger partial charge in [0.25, 0.3) is 0 Å². The topological polar surface area (TPSA) is 21.3 Å².